The van der Waals surface area contributed by atoms with Gasteiger partial charge in [0.25, 0.3) is 0 Å². The molecule has 4 heteroatoms. The third kappa shape index (κ3) is 5.63. The van der Waals surface area contributed by atoms with Crippen LogP contribution in [0.3, 0.4) is 0 Å². The van der Waals surface area contributed by atoms with Crippen molar-refractivity contribution in [2.75, 3.05) is 13.2 Å². The fraction of sp³-hybridized carbons (Fsp3) is 0.857. The zero-order valence-corrected chi connectivity index (χ0v) is 7.10. The maximum Gasteiger partial charge on any atom is 0.188 e. The molecule has 0 amide bonds. The van der Waals surface area contributed by atoms with E-state index in [0.717, 1.165) is 6.42 Å². The number of nitrogens with one attached hydrogen (secondary N) is 1. The van der Waals surface area contributed by atoms with Gasteiger partial charge in [0.2, 0.25) is 0 Å². The largest absolute Gasteiger partial charge is 0.370 e. The van der Waals surface area contributed by atoms with Gasteiger partial charge in [-0.25, -0.2) is 4.39 Å². The van der Waals surface area contributed by atoms with Crippen molar-refractivity contribution in [1.82, 2.24) is 5.32 Å². The summed E-state index contributed by atoms with van der Waals surface area (Å²) in [4.78, 5) is 3.74. The van der Waals surface area contributed by atoms with Crippen LogP contribution in [0.4, 0.5) is 4.39 Å². The van der Waals surface area contributed by atoms with Gasteiger partial charge in [-0.15, -0.1) is 0 Å². The Bertz CT molecular complexity index is 125. The lowest BCUT2D eigenvalue weighted by molar-refractivity contribution is 0.503. The monoisotopic (exact) mass is 161 g/mol. The molecule has 0 aromatic heterocycles. The van der Waals surface area contributed by atoms with E-state index in [2.05, 4.69) is 10.3 Å². The average Bonchev–Trinajstić information content (AvgIpc) is 2.00. The van der Waals surface area contributed by atoms with Crippen molar-refractivity contribution < 1.29 is 4.39 Å². The van der Waals surface area contributed by atoms with E-state index in [1.165, 1.54) is 0 Å². The Morgan fingerprint density at radius 3 is 2.82 bits per heavy atom. The molecule has 0 radical (unpaired) electrons. The standard InChI is InChI=1S/C7H16FN3/c1-3-6(2)11-7(9)10-5-4-8/h6H,3-5H2,1-2H3,(H3,9,10,11). The second kappa shape index (κ2) is 5.95. The van der Waals surface area contributed by atoms with Crippen LogP contribution in [0.1, 0.15) is 20.3 Å². The van der Waals surface area contributed by atoms with E-state index in [9.17, 15) is 4.39 Å². The average molecular weight is 161 g/mol. The summed E-state index contributed by atoms with van der Waals surface area (Å²) < 4.78 is 11.6. The summed E-state index contributed by atoms with van der Waals surface area (Å²) in [5.74, 6) is 0.331. The highest BCUT2D eigenvalue weighted by molar-refractivity contribution is 5.78. The van der Waals surface area contributed by atoms with Crippen molar-refractivity contribution >= 4 is 5.96 Å². The van der Waals surface area contributed by atoms with Crippen molar-refractivity contribution in [3.8, 4) is 0 Å². The van der Waals surface area contributed by atoms with Crippen LogP contribution < -0.4 is 11.1 Å². The zero-order chi connectivity index (χ0) is 8.69. The predicted octanol–water partition coefficient (Wildman–Crippen LogP) is 0.659. The van der Waals surface area contributed by atoms with Gasteiger partial charge in [-0.05, 0) is 13.3 Å². The molecule has 0 aromatic rings. The minimum Gasteiger partial charge on any atom is -0.370 e. The van der Waals surface area contributed by atoms with Crippen LogP contribution in [0.2, 0.25) is 0 Å². The smallest absolute Gasteiger partial charge is 0.188 e. The maximum absolute atomic E-state index is 11.6. The van der Waals surface area contributed by atoms with Gasteiger partial charge in [0.05, 0.1) is 6.54 Å². The fourth-order valence-electron chi connectivity index (χ4n) is 0.563. The van der Waals surface area contributed by atoms with Gasteiger partial charge in [0.1, 0.15) is 6.67 Å². The molecule has 0 saturated heterocycles. The molecule has 0 rings (SSSR count). The Balaban J connectivity index is 3.57. The van der Waals surface area contributed by atoms with Gasteiger partial charge >= 0.3 is 0 Å². The Labute approximate surface area is 66.9 Å². The highest BCUT2D eigenvalue weighted by atomic mass is 19.1. The highest BCUT2D eigenvalue weighted by Crippen LogP contribution is 1.85. The Morgan fingerprint density at radius 1 is 1.73 bits per heavy atom. The Kier molecular flexibility index (Phi) is 5.51. The molecule has 3 N–H and O–H groups in total. The molecule has 0 aliphatic carbocycles. The van der Waals surface area contributed by atoms with Crippen molar-refractivity contribution in [1.29, 1.82) is 0 Å². The van der Waals surface area contributed by atoms with Crippen molar-refractivity contribution in [3.05, 3.63) is 0 Å². The normalized spacial score (nSPS) is 14.6. The highest BCUT2D eigenvalue weighted by Gasteiger charge is 1.97. The van der Waals surface area contributed by atoms with Crippen molar-refractivity contribution in [3.63, 3.8) is 0 Å². The molecular formula is C7H16FN3. The summed E-state index contributed by atoms with van der Waals surface area (Å²) in [5.41, 5.74) is 5.41. The fourth-order valence-corrected chi connectivity index (χ4v) is 0.563. The molecule has 1 atom stereocenters. The van der Waals surface area contributed by atoms with E-state index in [-0.39, 0.29) is 6.54 Å². The summed E-state index contributed by atoms with van der Waals surface area (Å²) in [7, 11) is 0. The van der Waals surface area contributed by atoms with Gasteiger partial charge in [-0.2, -0.15) is 0 Å². The lowest BCUT2D eigenvalue weighted by atomic mass is 10.3. The van der Waals surface area contributed by atoms with E-state index in [4.69, 9.17) is 5.73 Å². The maximum atomic E-state index is 11.6. The summed E-state index contributed by atoms with van der Waals surface area (Å²) in [6, 6.07) is 0.304. The zero-order valence-electron chi connectivity index (χ0n) is 7.10. The predicted molar refractivity (Wildman–Crippen MR) is 45.4 cm³/mol. The van der Waals surface area contributed by atoms with Crippen LogP contribution in [0, 0.1) is 0 Å². The number of halogens is 1. The number of rotatable bonds is 4. The second-order valence-corrected chi connectivity index (χ2v) is 2.41. The van der Waals surface area contributed by atoms with E-state index >= 15 is 0 Å². The lowest BCUT2D eigenvalue weighted by Crippen LogP contribution is -2.38. The number of alkyl halides is 1. The van der Waals surface area contributed by atoms with Crippen LogP contribution in [0.25, 0.3) is 0 Å². The molecule has 66 valence electrons. The van der Waals surface area contributed by atoms with E-state index < -0.39 is 6.67 Å². The van der Waals surface area contributed by atoms with E-state index in [1.54, 1.807) is 0 Å². The molecule has 0 aliphatic rings. The number of nitrogens with zero attached hydrogens (tertiary/aromatic N) is 1. The number of hydrogen-bond donors (Lipinski definition) is 2. The van der Waals surface area contributed by atoms with E-state index in [0.29, 0.717) is 12.0 Å². The van der Waals surface area contributed by atoms with Gasteiger partial charge < -0.3 is 11.1 Å². The van der Waals surface area contributed by atoms with Crippen LogP contribution in [0.15, 0.2) is 4.99 Å². The molecule has 0 aromatic carbocycles. The molecule has 0 spiro atoms. The number of aliphatic imine (C=N–C) groups is 1. The SMILES string of the molecule is CCC(C)NC(N)=NCCF. The molecule has 0 saturated carbocycles. The summed E-state index contributed by atoms with van der Waals surface area (Å²) in [6.07, 6.45) is 0.978. The summed E-state index contributed by atoms with van der Waals surface area (Å²) in [6.45, 7) is 3.73. The second-order valence-electron chi connectivity index (χ2n) is 2.41. The van der Waals surface area contributed by atoms with Crippen LogP contribution in [-0.2, 0) is 0 Å². The van der Waals surface area contributed by atoms with Crippen molar-refractivity contribution in [2.24, 2.45) is 10.7 Å². The van der Waals surface area contributed by atoms with Crippen molar-refractivity contribution in [2.45, 2.75) is 26.3 Å². The topological polar surface area (TPSA) is 50.4 Å². The molecule has 3 nitrogen and oxygen atoms in total. The first-order valence-electron chi connectivity index (χ1n) is 3.83. The molecular weight excluding hydrogens is 145 g/mol. The molecule has 0 aliphatic heterocycles. The third-order valence-corrected chi connectivity index (χ3v) is 1.37. The molecule has 1 unspecified atom stereocenters. The molecule has 0 heterocycles. The molecule has 0 fully saturated rings. The minimum atomic E-state index is -0.455. The van der Waals surface area contributed by atoms with Crippen LogP contribution >= 0.6 is 0 Å². The van der Waals surface area contributed by atoms with Gasteiger partial charge in [0, 0.05) is 6.04 Å². The van der Waals surface area contributed by atoms with Crippen LogP contribution in [-0.4, -0.2) is 25.2 Å². The summed E-state index contributed by atoms with van der Waals surface area (Å²) in [5, 5.41) is 2.93. The quantitative estimate of drug-likeness (QED) is 0.470. The first kappa shape index (κ1) is 10.2. The number of hydrogen-bond acceptors (Lipinski definition) is 1. The van der Waals surface area contributed by atoms with Gasteiger partial charge in [-0.3, -0.25) is 4.99 Å². The van der Waals surface area contributed by atoms with Gasteiger partial charge in [0.15, 0.2) is 5.96 Å². The van der Waals surface area contributed by atoms with Gasteiger partial charge in [-0.1, -0.05) is 6.92 Å². The first-order chi connectivity index (χ1) is 5.20. The molecule has 0 bridgehead atoms. The summed E-state index contributed by atoms with van der Waals surface area (Å²) >= 11 is 0. The Morgan fingerprint density at radius 2 is 2.36 bits per heavy atom. The lowest BCUT2D eigenvalue weighted by Gasteiger charge is -2.10. The first-order valence-corrected chi connectivity index (χ1v) is 3.83. The number of nitrogens with two attached hydrogens (primary N) is 1. The minimum absolute atomic E-state index is 0.148. The third-order valence-electron chi connectivity index (χ3n) is 1.37. The van der Waals surface area contributed by atoms with Crippen LogP contribution in [0.5, 0.6) is 0 Å². The molecule has 11 heavy (non-hydrogen) atoms. The number of guanidine groups is 1. The van der Waals surface area contributed by atoms with E-state index in [1.807, 2.05) is 13.8 Å². The Hall–Kier alpha value is -0.800.